The van der Waals surface area contributed by atoms with Crippen molar-refractivity contribution < 1.29 is 14.6 Å². The molecule has 0 unspecified atom stereocenters. The number of nitrogens with one attached hydrogen (secondary N) is 2. The van der Waals surface area contributed by atoms with Gasteiger partial charge in [-0.2, -0.15) is 0 Å². The summed E-state index contributed by atoms with van der Waals surface area (Å²) in [5, 5.41) is 14.1. The van der Waals surface area contributed by atoms with Gasteiger partial charge in [0.25, 0.3) is 5.91 Å². The van der Waals surface area contributed by atoms with Gasteiger partial charge in [0.15, 0.2) is 0 Å². The fourth-order valence-electron chi connectivity index (χ4n) is 3.00. The number of rotatable bonds is 3. The van der Waals surface area contributed by atoms with Gasteiger partial charge in [-0.05, 0) is 31.4 Å². The van der Waals surface area contributed by atoms with E-state index in [-0.39, 0.29) is 18.1 Å². The molecule has 1 fully saturated rings. The lowest BCUT2D eigenvalue weighted by molar-refractivity contribution is -0.0513. The van der Waals surface area contributed by atoms with E-state index in [4.69, 9.17) is 4.74 Å². The number of H-pyrrole nitrogens is 1. The van der Waals surface area contributed by atoms with Gasteiger partial charge in [0.2, 0.25) is 0 Å². The predicted octanol–water partition coefficient (Wildman–Crippen LogP) is 1.83. The summed E-state index contributed by atoms with van der Waals surface area (Å²) in [4.78, 5) is 15.4. The molecule has 112 valence electrons. The fraction of sp³-hybridized carbons (Fsp3) is 0.438. The molecule has 2 aromatic rings. The van der Waals surface area contributed by atoms with Crippen molar-refractivity contribution in [3.05, 3.63) is 36.0 Å². The molecule has 1 aliphatic carbocycles. The summed E-state index contributed by atoms with van der Waals surface area (Å²) >= 11 is 0. The molecule has 3 atom stereocenters. The predicted molar refractivity (Wildman–Crippen MR) is 80.2 cm³/mol. The van der Waals surface area contributed by atoms with E-state index in [1.807, 2.05) is 30.3 Å². The van der Waals surface area contributed by atoms with Crippen LogP contribution in [0.2, 0.25) is 0 Å². The fourth-order valence-corrected chi connectivity index (χ4v) is 3.00. The Labute approximate surface area is 123 Å². The van der Waals surface area contributed by atoms with E-state index in [0.29, 0.717) is 5.69 Å². The summed E-state index contributed by atoms with van der Waals surface area (Å²) in [6, 6.07) is 9.32. The third-order valence-corrected chi connectivity index (χ3v) is 4.19. The molecule has 1 aliphatic rings. The van der Waals surface area contributed by atoms with Gasteiger partial charge in [0.1, 0.15) is 11.8 Å². The highest BCUT2D eigenvalue weighted by atomic mass is 16.5. The number of carbonyl (C=O) groups excluding carboxylic acids is 1. The lowest BCUT2D eigenvalue weighted by Crippen LogP contribution is -2.51. The largest absolute Gasteiger partial charge is 0.388 e. The standard InChI is InChI=1S/C16H20N2O3/c1-21-14-8-4-7-12(15(14)19)18-16(20)13-9-10-5-2-3-6-11(10)17-13/h2-3,5-6,9,12,14-15,17,19H,4,7-8H2,1H3,(H,18,20)/t12-,14-,15-/m1/s1. The number of hydrogen-bond acceptors (Lipinski definition) is 3. The highest BCUT2D eigenvalue weighted by molar-refractivity contribution is 5.98. The van der Waals surface area contributed by atoms with E-state index < -0.39 is 6.10 Å². The van der Waals surface area contributed by atoms with Crippen molar-refractivity contribution in [2.45, 2.75) is 37.5 Å². The first-order chi connectivity index (χ1) is 10.2. The van der Waals surface area contributed by atoms with Crippen molar-refractivity contribution in [3.8, 4) is 0 Å². The summed E-state index contributed by atoms with van der Waals surface area (Å²) in [7, 11) is 1.59. The molecule has 1 aromatic carbocycles. The minimum atomic E-state index is -0.655. The van der Waals surface area contributed by atoms with Crippen molar-refractivity contribution in [1.29, 1.82) is 0 Å². The van der Waals surface area contributed by atoms with Crippen LogP contribution in [0.1, 0.15) is 29.8 Å². The lowest BCUT2D eigenvalue weighted by atomic mass is 9.90. The van der Waals surface area contributed by atoms with Crippen LogP contribution in [0.15, 0.2) is 30.3 Å². The first kappa shape index (κ1) is 14.1. The monoisotopic (exact) mass is 288 g/mol. The van der Waals surface area contributed by atoms with Gasteiger partial charge in [-0.25, -0.2) is 0 Å². The first-order valence-electron chi connectivity index (χ1n) is 7.28. The second-order valence-corrected chi connectivity index (χ2v) is 5.55. The number of benzene rings is 1. The molecule has 21 heavy (non-hydrogen) atoms. The zero-order valence-corrected chi connectivity index (χ0v) is 12.0. The van der Waals surface area contributed by atoms with Gasteiger partial charge < -0.3 is 20.1 Å². The van der Waals surface area contributed by atoms with Crippen molar-refractivity contribution in [2.75, 3.05) is 7.11 Å². The Bertz CT molecular complexity index is 604. The molecule has 5 heteroatoms. The molecule has 1 heterocycles. The third kappa shape index (κ3) is 2.80. The zero-order valence-electron chi connectivity index (χ0n) is 12.0. The Kier molecular flexibility index (Phi) is 3.94. The molecule has 0 bridgehead atoms. The summed E-state index contributed by atoms with van der Waals surface area (Å²) in [5.74, 6) is -0.188. The van der Waals surface area contributed by atoms with E-state index >= 15 is 0 Å². The zero-order chi connectivity index (χ0) is 14.8. The quantitative estimate of drug-likeness (QED) is 0.806. The van der Waals surface area contributed by atoms with Crippen LogP contribution in [-0.4, -0.2) is 41.4 Å². The molecular weight excluding hydrogens is 268 g/mol. The number of para-hydroxylation sites is 1. The number of aromatic nitrogens is 1. The second kappa shape index (κ2) is 5.87. The van der Waals surface area contributed by atoms with Crippen LogP contribution in [0, 0.1) is 0 Å². The molecule has 0 radical (unpaired) electrons. The minimum absolute atomic E-state index is 0.188. The van der Waals surface area contributed by atoms with E-state index in [0.717, 1.165) is 30.2 Å². The molecular formula is C16H20N2O3. The highest BCUT2D eigenvalue weighted by Crippen LogP contribution is 2.22. The number of methoxy groups -OCH3 is 1. The lowest BCUT2D eigenvalue weighted by Gasteiger charge is -2.34. The average molecular weight is 288 g/mol. The van der Waals surface area contributed by atoms with Crippen LogP contribution >= 0.6 is 0 Å². The van der Waals surface area contributed by atoms with Gasteiger partial charge in [-0.3, -0.25) is 4.79 Å². The molecule has 1 amide bonds. The van der Waals surface area contributed by atoms with Gasteiger partial charge >= 0.3 is 0 Å². The van der Waals surface area contributed by atoms with E-state index in [2.05, 4.69) is 10.3 Å². The van der Waals surface area contributed by atoms with Crippen molar-refractivity contribution >= 4 is 16.8 Å². The smallest absolute Gasteiger partial charge is 0.268 e. The molecule has 0 saturated heterocycles. The third-order valence-electron chi connectivity index (χ3n) is 4.19. The van der Waals surface area contributed by atoms with Gasteiger partial charge in [-0.1, -0.05) is 18.2 Å². The summed E-state index contributed by atoms with van der Waals surface area (Å²) in [6.07, 6.45) is 1.68. The minimum Gasteiger partial charge on any atom is -0.388 e. The number of hydrogen-bond donors (Lipinski definition) is 3. The number of aliphatic hydroxyl groups is 1. The van der Waals surface area contributed by atoms with E-state index in [1.165, 1.54) is 0 Å². The van der Waals surface area contributed by atoms with Gasteiger partial charge in [-0.15, -0.1) is 0 Å². The number of aromatic amines is 1. The molecule has 1 aromatic heterocycles. The number of amides is 1. The van der Waals surface area contributed by atoms with Crippen molar-refractivity contribution in [2.24, 2.45) is 0 Å². The van der Waals surface area contributed by atoms with Gasteiger partial charge in [0.05, 0.1) is 12.1 Å². The maximum absolute atomic E-state index is 12.3. The normalized spacial score (nSPS) is 25.9. The Morgan fingerprint density at radius 1 is 1.38 bits per heavy atom. The average Bonchev–Trinajstić information content (AvgIpc) is 2.93. The van der Waals surface area contributed by atoms with Crippen LogP contribution in [0.5, 0.6) is 0 Å². The molecule has 0 spiro atoms. The van der Waals surface area contributed by atoms with Crippen molar-refractivity contribution in [1.82, 2.24) is 10.3 Å². The van der Waals surface area contributed by atoms with E-state index in [9.17, 15) is 9.90 Å². The van der Waals surface area contributed by atoms with Crippen molar-refractivity contribution in [3.63, 3.8) is 0 Å². The van der Waals surface area contributed by atoms with Crippen LogP contribution in [-0.2, 0) is 4.74 Å². The summed E-state index contributed by atoms with van der Waals surface area (Å²) in [6.45, 7) is 0. The number of carbonyl (C=O) groups is 1. The first-order valence-corrected chi connectivity index (χ1v) is 7.28. The Hall–Kier alpha value is -1.85. The number of aliphatic hydroxyl groups excluding tert-OH is 1. The molecule has 3 rings (SSSR count). The SMILES string of the molecule is CO[C@@H]1CCC[C@@H](NC(=O)c2cc3ccccc3[nH]2)[C@H]1O. The Morgan fingerprint density at radius 2 is 2.19 bits per heavy atom. The maximum Gasteiger partial charge on any atom is 0.268 e. The van der Waals surface area contributed by atoms with Crippen LogP contribution in [0.4, 0.5) is 0 Å². The highest BCUT2D eigenvalue weighted by Gasteiger charge is 2.33. The Morgan fingerprint density at radius 3 is 2.95 bits per heavy atom. The Balaban J connectivity index is 1.73. The molecule has 0 aliphatic heterocycles. The van der Waals surface area contributed by atoms with E-state index in [1.54, 1.807) is 7.11 Å². The van der Waals surface area contributed by atoms with Gasteiger partial charge in [0, 0.05) is 18.0 Å². The number of ether oxygens (including phenoxy) is 1. The maximum atomic E-state index is 12.3. The second-order valence-electron chi connectivity index (χ2n) is 5.55. The molecule has 5 nitrogen and oxygen atoms in total. The summed E-state index contributed by atoms with van der Waals surface area (Å²) in [5.41, 5.74) is 1.45. The molecule has 3 N–H and O–H groups in total. The topological polar surface area (TPSA) is 74.3 Å². The van der Waals surface area contributed by atoms with Crippen LogP contribution in [0.3, 0.4) is 0 Å². The summed E-state index contributed by atoms with van der Waals surface area (Å²) < 4.78 is 5.26. The van der Waals surface area contributed by atoms with Crippen LogP contribution < -0.4 is 5.32 Å². The van der Waals surface area contributed by atoms with Crippen LogP contribution in [0.25, 0.3) is 10.9 Å². The molecule has 1 saturated carbocycles. The number of fused-ring (bicyclic) bond motifs is 1.